The molecule has 2 aromatic rings. The van der Waals surface area contributed by atoms with Gasteiger partial charge in [0.05, 0.1) is 18.6 Å². The zero-order chi connectivity index (χ0) is 18.9. The molecule has 0 bridgehead atoms. The van der Waals surface area contributed by atoms with Gasteiger partial charge in [-0.15, -0.1) is 0 Å². The van der Waals surface area contributed by atoms with Crippen molar-refractivity contribution in [3.8, 4) is 11.5 Å². The second kappa shape index (κ2) is 9.82. The number of carboxylic acid groups (broad SMARTS) is 1. The van der Waals surface area contributed by atoms with Crippen molar-refractivity contribution in [3.05, 3.63) is 59.7 Å². The van der Waals surface area contributed by atoms with Gasteiger partial charge in [-0.1, -0.05) is 24.3 Å². The average molecular weight is 358 g/mol. The summed E-state index contributed by atoms with van der Waals surface area (Å²) in [5.74, 6) is 0.659. The van der Waals surface area contributed by atoms with Gasteiger partial charge in [-0.25, -0.2) is 0 Å². The minimum atomic E-state index is -0.882. The molecule has 0 radical (unpaired) electrons. The summed E-state index contributed by atoms with van der Waals surface area (Å²) >= 11 is 0. The summed E-state index contributed by atoms with van der Waals surface area (Å²) in [6.07, 6.45) is -0.379. The van der Waals surface area contributed by atoms with Crippen molar-refractivity contribution in [2.75, 3.05) is 6.61 Å². The van der Waals surface area contributed by atoms with Gasteiger partial charge in [0.25, 0.3) is 0 Å². The number of hydrogen-bond donors (Lipinski definition) is 1. The quantitative estimate of drug-likeness (QED) is 0.672. The number of carboxylic acids is 1. The summed E-state index contributed by atoms with van der Waals surface area (Å²) in [4.78, 5) is 11.0. The van der Waals surface area contributed by atoms with Crippen LogP contribution in [-0.4, -0.2) is 23.8 Å². The van der Waals surface area contributed by atoms with E-state index in [1.807, 2.05) is 69.3 Å². The molecule has 140 valence electrons. The lowest BCUT2D eigenvalue weighted by atomic mass is 10.1. The molecule has 5 nitrogen and oxygen atoms in total. The van der Waals surface area contributed by atoms with Crippen LogP contribution < -0.4 is 9.47 Å². The molecule has 0 saturated heterocycles. The zero-order valence-corrected chi connectivity index (χ0v) is 15.5. The number of rotatable bonds is 10. The van der Waals surface area contributed by atoms with Crippen LogP contribution in [0.1, 0.15) is 44.4 Å². The first-order valence-electron chi connectivity index (χ1n) is 8.79. The van der Waals surface area contributed by atoms with Crippen LogP contribution >= 0.6 is 0 Å². The molecule has 0 spiro atoms. The maximum Gasteiger partial charge on any atom is 0.306 e. The van der Waals surface area contributed by atoms with Crippen LogP contribution in [0.25, 0.3) is 0 Å². The minimum absolute atomic E-state index is 0.0588. The number of ether oxygens (including phenoxy) is 3. The zero-order valence-electron chi connectivity index (χ0n) is 15.5. The van der Waals surface area contributed by atoms with Gasteiger partial charge in [-0.05, 0) is 56.2 Å². The Morgan fingerprint density at radius 1 is 1.08 bits per heavy atom. The molecule has 0 heterocycles. The first kappa shape index (κ1) is 19.8. The molecule has 5 heteroatoms. The Kier molecular flexibility index (Phi) is 7.48. The molecular weight excluding hydrogens is 332 g/mol. The van der Waals surface area contributed by atoms with E-state index in [1.165, 1.54) is 0 Å². The molecule has 26 heavy (non-hydrogen) atoms. The lowest BCUT2D eigenvalue weighted by Crippen LogP contribution is -2.10. The molecule has 2 rings (SSSR count). The molecule has 0 unspecified atom stereocenters. The van der Waals surface area contributed by atoms with E-state index in [-0.39, 0.29) is 12.5 Å². The highest BCUT2D eigenvalue weighted by Gasteiger charge is 2.15. The molecular formula is C21H26O5. The molecule has 0 aliphatic rings. The number of aliphatic carboxylic acids is 1. The van der Waals surface area contributed by atoms with Crippen molar-refractivity contribution in [2.24, 2.45) is 0 Å². The number of benzene rings is 2. The van der Waals surface area contributed by atoms with Crippen LogP contribution in [-0.2, 0) is 16.1 Å². The van der Waals surface area contributed by atoms with Gasteiger partial charge < -0.3 is 19.3 Å². The third-order valence-corrected chi connectivity index (χ3v) is 3.66. The van der Waals surface area contributed by atoms with E-state index < -0.39 is 12.1 Å². The molecule has 0 aromatic heterocycles. The first-order valence-corrected chi connectivity index (χ1v) is 8.79. The van der Waals surface area contributed by atoms with Crippen LogP contribution in [0.4, 0.5) is 0 Å². The van der Waals surface area contributed by atoms with Gasteiger partial charge in [0.2, 0.25) is 0 Å². The first-order chi connectivity index (χ1) is 12.5. The molecule has 0 aliphatic heterocycles. The van der Waals surface area contributed by atoms with E-state index in [0.717, 1.165) is 22.6 Å². The summed E-state index contributed by atoms with van der Waals surface area (Å²) in [5, 5.41) is 9.00. The lowest BCUT2D eigenvalue weighted by molar-refractivity contribution is -0.140. The lowest BCUT2D eigenvalue weighted by Gasteiger charge is -2.16. The Balaban J connectivity index is 1.97. The SMILES string of the molecule is CCO[C@H](CC(=O)O)c1ccc(OCc2cccc(OC(C)C)c2)cc1. The standard InChI is InChI=1S/C21H26O5/c1-4-24-20(13-21(22)23)17-8-10-18(11-9-17)25-14-16-6-5-7-19(12-16)26-15(2)3/h5-12,15,20H,4,13-14H2,1-3H3,(H,22,23)/t20-/m1/s1. The molecule has 1 N–H and O–H groups in total. The highest BCUT2D eigenvalue weighted by molar-refractivity contribution is 5.67. The van der Waals surface area contributed by atoms with Gasteiger partial charge in [-0.2, -0.15) is 0 Å². The second-order valence-corrected chi connectivity index (χ2v) is 6.21. The summed E-state index contributed by atoms with van der Waals surface area (Å²) in [6.45, 7) is 6.72. The molecule has 0 aliphatic carbocycles. The monoisotopic (exact) mass is 358 g/mol. The van der Waals surface area contributed by atoms with Crippen molar-refractivity contribution in [1.82, 2.24) is 0 Å². The van der Waals surface area contributed by atoms with Crippen molar-refractivity contribution in [1.29, 1.82) is 0 Å². The van der Waals surface area contributed by atoms with E-state index in [0.29, 0.717) is 13.2 Å². The Hall–Kier alpha value is -2.53. The Morgan fingerprint density at radius 3 is 2.42 bits per heavy atom. The highest BCUT2D eigenvalue weighted by atomic mass is 16.5. The fourth-order valence-corrected chi connectivity index (χ4v) is 2.56. The predicted molar refractivity (Wildman–Crippen MR) is 99.6 cm³/mol. The summed E-state index contributed by atoms with van der Waals surface area (Å²) in [7, 11) is 0. The van der Waals surface area contributed by atoms with Gasteiger partial charge >= 0.3 is 5.97 Å². The van der Waals surface area contributed by atoms with Gasteiger partial charge in [0.1, 0.15) is 18.1 Å². The van der Waals surface area contributed by atoms with Crippen LogP contribution in [0.5, 0.6) is 11.5 Å². The van der Waals surface area contributed by atoms with E-state index in [1.54, 1.807) is 0 Å². The van der Waals surface area contributed by atoms with Crippen molar-refractivity contribution >= 4 is 5.97 Å². The topological polar surface area (TPSA) is 65.0 Å². The maximum atomic E-state index is 11.0. The van der Waals surface area contributed by atoms with E-state index >= 15 is 0 Å². The van der Waals surface area contributed by atoms with Gasteiger partial charge in [-0.3, -0.25) is 4.79 Å². The summed E-state index contributed by atoms with van der Waals surface area (Å²) < 4.78 is 17.0. The van der Waals surface area contributed by atoms with Crippen LogP contribution in [0, 0.1) is 0 Å². The van der Waals surface area contributed by atoms with Crippen LogP contribution in [0.2, 0.25) is 0 Å². The normalized spacial score (nSPS) is 12.0. The molecule has 2 aromatic carbocycles. The highest BCUT2D eigenvalue weighted by Crippen LogP contribution is 2.24. The van der Waals surface area contributed by atoms with Crippen LogP contribution in [0.3, 0.4) is 0 Å². The van der Waals surface area contributed by atoms with E-state index in [4.69, 9.17) is 19.3 Å². The average Bonchev–Trinajstić information content (AvgIpc) is 2.59. The Bertz CT molecular complexity index is 694. The fourth-order valence-electron chi connectivity index (χ4n) is 2.56. The Labute approximate surface area is 154 Å². The third-order valence-electron chi connectivity index (χ3n) is 3.66. The number of hydrogen-bond acceptors (Lipinski definition) is 4. The third kappa shape index (κ3) is 6.41. The number of carbonyl (C=O) groups is 1. The predicted octanol–water partition coefficient (Wildman–Crippen LogP) is 4.61. The van der Waals surface area contributed by atoms with Crippen LogP contribution in [0.15, 0.2) is 48.5 Å². The maximum absolute atomic E-state index is 11.0. The largest absolute Gasteiger partial charge is 0.491 e. The van der Waals surface area contributed by atoms with Gasteiger partial charge in [0.15, 0.2) is 0 Å². The smallest absolute Gasteiger partial charge is 0.306 e. The fraction of sp³-hybridized carbons (Fsp3) is 0.381. The van der Waals surface area contributed by atoms with Crippen molar-refractivity contribution in [3.63, 3.8) is 0 Å². The van der Waals surface area contributed by atoms with E-state index in [2.05, 4.69) is 0 Å². The molecule has 0 amide bonds. The van der Waals surface area contributed by atoms with Crippen molar-refractivity contribution < 1.29 is 24.1 Å². The molecule has 1 atom stereocenters. The minimum Gasteiger partial charge on any atom is -0.491 e. The van der Waals surface area contributed by atoms with Gasteiger partial charge in [0, 0.05) is 6.61 Å². The molecule has 0 fully saturated rings. The summed E-state index contributed by atoms with van der Waals surface area (Å²) in [5.41, 5.74) is 1.85. The Morgan fingerprint density at radius 2 is 1.81 bits per heavy atom. The summed E-state index contributed by atoms with van der Waals surface area (Å²) in [6, 6.07) is 15.2. The van der Waals surface area contributed by atoms with Crippen molar-refractivity contribution in [2.45, 2.75) is 46.0 Å². The van der Waals surface area contributed by atoms with E-state index in [9.17, 15) is 4.79 Å². The molecule has 0 saturated carbocycles. The second-order valence-electron chi connectivity index (χ2n) is 6.21.